The van der Waals surface area contributed by atoms with Gasteiger partial charge in [-0.2, -0.15) is 0 Å². The van der Waals surface area contributed by atoms with Crippen LogP contribution in [0.2, 0.25) is 0 Å². The lowest BCUT2D eigenvalue weighted by Gasteiger charge is -2.26. The molecular formula is C34H46O4. The second kappa shape index (κ2) is 16.2. The predicted molar refractivity (Wildman–Crippen MR) is 154 cm³/mol. The van der Waals surface area contributed by atoms with Gasteiger partial charge in [0.1, 0.15) is 0 Å². The molecule has 38 heavy (non-hydrogen) atoms. The Morgan fingerprint density at radius 3 is 2.47 bits per heavy atom. The van der Waals surface area contributed by atoms with Gasteiger partial charge in [-0.15, -0.1) is 0 Å². The molecule has 0 bridgehead atoms. The number of fused-ring (bicyclic) bond motifs is 1. The zero-order valence-corrected chi connectivity index (χ0v) is 23.5. The lowest BCUT2D eigenvalue weighted by molar-refractivity contribution is -0.140. The largest absolute Gasteiger partial charge is 0.468 e. The van der Waals surface area contributed by atoms with Gasteiger partial charge in [0.05, 0.1) is 13.2 Å². The van der Waals surface area contributed by atoms with Crippen LogP contribution in [-0.2, 0) is 44.7 Å². The van der Waals surface area contributed by atoms with Gasteiger partial charge in [0.15, 0.2) is 0 Å². The lowest BCUT2D eigenvalue weighted by atomic mass is 9.79. The van der Waals surface area contributed by atoms with Crippen molar-refractivity contribution in [1.29, 1.82) is 0 Å². The van der Waals surface area contributed by atoms with Gasteiger partial charge < -0.3 is 9.47 Å². The monoisotopic (exact) mass is 518 g/mol. The number of carbonyl (C=O) groups excluding carboxylic acids is 2. The minimum atomic E-state index is -0.385. The minimum absolute atomic E-state index is 0.0133. The van der Waals surface area contributed by atoms with Crippen LogP contribution in [0.3, 0.4) is 0 Å². The Morgan fingerprint density at radius 1 is 1.03 bits per heavy atom. The topological polar surface area (TPSA) is 52.6 Å². The van der Waals surface area contributed by atoms with Crippen LogP contribution in [0.4, 0.5) is 0 Å². The zero-order valence-electron chi connectivity index (χ0n) is 23.5. The second-order valence-electron chi connectivity index (χ2n) is 11.0. The number of hydrogen-bond acceptors (Lipinski definition) is 4. The molecule has 0 heterocycles. The highest BCUT2D eigenvalue weighted by Gasteiger charge is 2.22. The maximum Gasteiger partial charge on any atom is 0.333 e. The van der Waals surface area contributed by atoms with Crippen molar-refractivity contribution in [1.82, 2.24) is 0 Å². The van der Waals surface area contributed by atoms with Crippen LogP contribution >= 0.6 is 0 Å². The van der Waals surface area contributed by atoms with E-state index in [-0.39, 0.29) is 18.5 Å². The van der Waals surface area contributed by atoms with Crippen LogP contribution in [0.15, 0.2) is 54.6 Å². The first kappa shape index (κ1) is 29.7. The molecule has 2 aromatic carbocycles. The summed E-state index contributed by atoms with van der Waals surface area (Å²) >= 11 is 0. The number of benzene rings is 2. The van der Waals surface area contributed by atoms with E-state index in [1.54, 1.807) is 6.92 Å². The summed E-state index contributed by atoms with van der Waals surface area (Å²) < 4.78 is 10.4. The fourth-order valence-electron chi connectivity index (χ4n) is 5.43. The number of rotatable bonds is 17. The summed E-state index contributed by atoms with van der Waals surface area (Å²) in [7, 11) is 0. The van der Waals surface area contributed by atoms with Gasteiger partial charge in [0, 0.05) is 11.5 Å². The van der Waals surface area contributed by atoms with E-state index in [1.165, 1.54) is 73.6 Å². The maximum atomic E-state index is 11.9. The molecule has 206 valence electrons. The van der Waals surface area contributed by atoms with Gasteiger partial charge in [0.25, 0.3) is 6.47 Å². The molecule has 2 atom stereocenters. The van der Waals surface area contributed by atoms with Crippen molar-refractivity contribution >= 4 is 12.4 Å². The van der Waals surface area contributed by atoms with Crippen LogP contribution in [0.5, 0.6) is 0 Å². The first-order valence-corrected chi connectivity index (χ1v) is 14.6. The van der Waals surface area contributed by atoms with Crippen LogP contribution in [0, 0.1) is 5.92 Å². The van der Waals surface area contributed by atoms with E-state index in [2.05, 4.69) is 56.0 Å². The van der Waals surface area contributed by atoms with Gasteiger partial charge in [-0.1, -0.05) is 81.7 Å². The van der Waals surface area contributed by atoms with Gasteiger partial charge in [-0.25, -0.2) is 4.79 Å². The summed E-state index contributed by atoms with van der Waals surface area (Å²) in [5.41, 5.74) is 7.28. The third-order valence-corrected chi connectivity index (χ3v) is 7.88. The summed E-state index contributed by atoms with van der Waals surface area (Å²) in [5.74, 6) is 0.310. The number of carbonyl (C=O) groups is 2. The van der Waals surface area contributed by atoms with E-state index >= 15 is 0 Å². The molecule has 0 fully saturated rings. The van der Waals surface area contributed by atoms with Crippen molar-refractivity contribution in [2.75, 3.05) is 13.2 Å². The van der Waals surface area contributed by atoms with Crippen molar-refractivity contribution in [3.05, 3.63) is 82.4 Å². The molecule has 0 aromatic heterocycles. The number of unbranched alkanes of at least 4 members (excludes halogenated alkanes) is 4. The summed E-state index contributed by atoms with van der Waals surface area (Å²) in [6.07, 6.45) is 14.2. The molecule has 0 radical (unpaired) electrons. The third kappa shape index (κ3) is 9.78. The van der Waals surface area contributed by atoms with Crippen molar-refractivity contribution < 1.29 is 19.1 Å². The van der Waals surface area contributed by atoms with E-state index in [1.807, 2.05) is 0 Å². The molecule has 1 aliphatic rings. The predicted octanol–water partition coefficient (Wildman–Crippen LogP) is 7.70. The summed E-state index contributed by atoms with van der Waals surface area (Å²) in [5, 5.41) is 0. The van der Waals surface area contributed by atoms with Crippen molar-refractivity contribution in [2.24, 2.45) is 5.92 Å². The van der Waals surface area contributed by atoms with Crippen molar-refractivity contribution in [2.45, 2.75) is 96.8 Å². The molecule has 0 aliphatic heterocycles. The number of hydrogen-bond donors (Lipinski definition) is 0. The van der Waals surface area contributed by atoms with Crippen LogP contribution in [0.1, 0.15) is 98.9 Å². The Morgan fingerprint density at radius 2 is 1.76 bits per heavy atom. The molecule has 0 spiro atoms. The molecule has 1 aliphatic carbocycles. The molecule has 0 saturated heterocycles. The quantitative estimate of drug-likeness (QED) is 0.0932. The molecule has 4 heteroatoms. The summed E-state index contributed by atoms with van der Waals surface area (Å²) in [6.45, 7) is 8.60. The molecule has 0 amide bonds. The smallest absolute Gasteiger partial charge is 0.333 e. The van der Waals surface area contributed by atoms with E-state index in [4.69, 9.17) is 9.47 Å². The fraction of sp³-hybridized carbons (Fsp3) is 0.529. The zero-order chi connectivity index (χ0) is 27.2. The summed E-state index contributed by atoms with van der Waals surface area (Å²) in [4.78, 5) is 22.5. The van der Waals surface area contributed by atoms with Gasteiger partial charge in [-0.05, 0) is 92.0 Å². The van der Waals surface area contributed by atoms with Crippen molar-refractivity contribution in [3.8, 4) is 0 Å². The van der Waals surface area contributed by atoms with Crippen molar-refractivity contribution in [3.63, 3.8) is 0 Å². The normalized spacial score (nSPS) is 15.4. The molecule has 3 rings (SSSR count). The number of ether oxygens (including phenoxy) is 2. The highest BCUT2D eigenvalue weighted by Crippen LogP contribution is 2.32. The Hall–Kier alpha value is -2.88. The molecule has 0 saturated carbocycles. The Balaban J connectivity index is 1.51. The van der Waals surface area contributed by atoms with Gasteiger partial charge in [0.2, 0.25) is 0 Å². The van der Waals surface area contributed by atoms with Crippen LogP contribution < -0.4 is 0 Å². The number of esters is 1. The maximum absolute atomic E-state index is 11.9. The van der Waals surface area contributed by atoms with E-state index in [9.17, 15) is 9.59 Å². The molecule has 2 unspecified atom stereocenters. The van der Waals surface area contributed by atoms with Crippen LogP contribution in [0.25, 0.3) is 0 Å². The third-order valence-electron chi connectivity index (χ3n) is 7.88. The molecule has 2 aromatic rings. The lowest BCUT2D eigenvalue weighted by Crippen LogP contribution is -2.18. The molecule has 0 N–H and O–H groups in total. The first-order chi connectivity index (χ1) is 18.5. The highest BCUT2D eigenvalue weighted by molar-refractivity contribution is 5.86. The SMILES string of the molecule is C=C(C)C(=O)OCC(CCOC=O)c1ccc2c(c1)CCC(CCc1ccc(CCCCCCC)cc1)C2. The molecule has 4 nitrogen and oxygen atoms in total. The van der Waals surface area contributed by atoms with E-state index in [0.717, 1.165) is 24.8 Å². The Bertz CT molecular complexity index is 1020. The Labute approximate surface area is 229 Å². The standard InChI is InChI=1S/C34H46O4/c1-4-5-6-7-8-9-27-10-12-28(13-11-27)14-15-29-16-17-31-23-32(19-18-30(31)22-29)33(20-21-37-25-35)24-38-34(36)26(2)3/h10-13,18-19,23,25,29,33H,2,4-9,14-17,20-22,24H2,1,3H3. The van der Waals surface area contributed by atoms with Gasteiger partial charge >= 0.3 is 5.97 Å². The van der Waals surface area contributed by atoms with Crippen LogP contribution in [-0.4, -0.2) is 25.7 Å². The second-order valence-corrected chi connectivity index (χ2v) is 11.0. The summed E-state index contributed by atoms with van der Waals surface area (Å²) in [6, 6.07) is 16.0. The van der Waals surface area contributed by atoms with E-state index in [0.29, 0.717) is 31.0 Å². The van der Waals surface area contributed by atoms with E-state index < -0.39 is 0 Å². The minimum Gasteiger partial charge on any atom is -0.468 e. The average molecular weight is 519 g/mol. The first-order valence-electron chi connectivity index (χ1n) is 14.6. The van der Waals surface area contributed by atoms with Gasteiger partial charge in [-0.3, -0.25) is 4.79 Å². The molecular weight excluding hydrogens is 472 g/mol. The Kier molecular flexibility index (Phi) is 12.6. The highest BCUT2D eigenvalue weighted by atomic mass is 16.5. The number of aryl methyl sites for hydroxylation is 3. The fourth-order valence-corrected chi connectivity index (χ4v) is 5.43. The average Bonchev–Trinajstić information content (AvgIpc) is 2.93.